The number of nitrogens with two attached hydrogens (primary N) is 1. The predicted molar refractivity (Wildman–Crippen MR) is 76.1 cm³/mol. The molecule has 1 aromatic carbocycles. The van der Waals surface area contributed by atoms with Crippen LogP contribution in [0, 0.1) is 0 Å². The Morgan fingerprint density at radius 2 is 1.72 bits per heavy atom. The Morgan fingerprint density at radius 1 is 1.11 bits per heavy atom. The summed E-state index contributed by atoms with van der Waals surface area (Å²) in [5, 5.41) is 3.65. The maximum atomic E-state index is 6.02. The molecular weight excluding hydrogens is 224 g/mol. The second-order valence-corrected chi connectivity index (χ2v) is 5.25. The summed E-state index contributed by atoms with van der Waals surface area (Å²) >= 11 is 0. The summed E-state index contributed by atoms with van der Waals surface area (Å²) in [5.41, 5.74) is 7.25. The van der Waals surface area contributed by atoms with Crippen molar-refractivity contribution in [3.05, 3.63) is 24.3 Å². The molecule has 3 N–H and O–H groups in total. The van der Waals surface area contributed by atoms with E-state index in [1.165, 1.54) is 38.5 Å². The van der Waals surface area contributed by atoms with E-state index in [4.69, 9.17) is 10.5 Å². The van der Waals surface area contributed by atoms with Crippen molar-refractivity contribution in [1.82, 2.24) is 0 Å². The molecular formula is C15H24N2O. The molecule has 0 aromatic heterocycles. The van der Waals surface area contributed by atoms with Gasteiger partial charge in [0.05, 0.1) is 7.11 Å². The minimum atomic E-state index is 0.0884. The van der Waals surface area contributed by atoms with Crippen LogP contribution in [-0.4, -0.2) is 19.2 Å². The lowest BCUT2D eigenvalue weighted by Crippen LogP contribution is -2.45. The van der Waals surface area contributed by atoms with E-state index in [1.54, 1.807) is 7.11 Å². The zero-order valence-corrected chi connectivity index (χ0v) is 11.2. The SMILES string of the molecule is COc1ccc(NC2(CN)CCCCCC2)cc1. The monoisotopic (exact) mass is 248 g/mol. The van der Waals surface area contributed by atoms with Crippen molar-refractivity contribution in [1.29, 1.82) is 0 Å². The predicted octanol–water partition coefficient (Wildman–Crippen LogP) is 3.16. The quantitative estimate of drug-likeness (QED) is 0.805. The van der Waals surface area contributed by atoms with Gasteiger partial charge in [-0.15, -0.1) is 0 Å². The van der Waals surface area contributed by atoms with E-state index < -0.39 is 0 Å². The second-order valence-electron chi connectivity index (χ2n) is 5.25. The lowest BCUT2D eigenvalue weighted by Gasteiger charge is -2.34. The summed E-state index contributed by atoms with van der Waals surface area (Å²) in [6, 6.07) is 8.12. The molecule has 0 atom stereocenters. The van der Waals surface area contributed by atoms with Gasteiger partial charge in [-0.3, -0.25) is 0 Å². The molecule has 1 aliphatic rings. The molecule has 2 rings (SSSR count). The summed E-state index contributed by atoms with van der Waals surface area (Å²) in [4.78, 5) is 0. The maximum Gasteiger partial charge on any atom is 0.119 e. The fourth-order valence-electron chi connectivity index (χ4n) is 2.77. The molecule has 1 saturated carbocycles. The minimum absolute atomic E-state index is 0.0884. The first-order valence-electron chi connectivity index (χ1n) is 6.90. The smallest absolute Gasteiger partial charge is 0.119 e. The molecule has 0 radical (unpaired) electrons. The first kappa shape index (κ1) is 13.2. The molecule has 100 valence electrons. The topological polar surface area (TPSA) is 47.3 Å². The Labute approximate surface area is 110 Å². The Morgan fingerprint density at radius 3 is 2.22 bits per heavy atom. The van der Waals surface area contributed by atoms with Gasteiger partial charge >= 0.3 is 0 Å². The molecule has 0 unspecified atom stereocenters. The summed E-state index contributed by atoms with van der Waals surface area (Å²) in [5.74, 6) is 0.892. The highest BCUT2D eigenvalue weighted by molar-refractivity contribution is 5.48. The fraction of sp³-hybridized carbons (Fsp3) is 0.600. The van der Waals surface area contributed by atoms with Gasteiger partial charge < -0.3 is 15.8 Å². The first-order valence-corrected chi connectivity index (χ1v) is 6.90. The number of anilines is 1. The number of benzene rings is 1. The molecule has 0 spiro atoms. The Hall–Kier alpha value is -1.22. The molecule has 1 fully saturated rings. The van der Waals surface area contributed by atoms with Crippen molar-refractivity contribution in [2.24, 2.45) is 5.73 Å². The molecule has 3 heteroatoms. The standard InChI is InChI=1S/C15H24N2O/c1-18-14-8-6-13(7-9-14)17-15(12-16)10-4-2-3-5-11-15/h6-9,17H,2-5,10-12,16H2,1H3. The molecule has 0 saturated heterocycles. The van der Waals surface area contributed by atoms with Crippen molar-refractivity contribution in [2.75, 3.05) is 19.0 Å². The number of hydrogen-bond donors (Lipinski definition) is 2. The first-order chi connectivity index (χ1) is 8.78. The number of hydrogen-bond acceptors (Lipinski definition) is 3. The summed E-state index contributed by atoms with van der Waals surface area (Å²) in [7, 11) is 1.69. The molecule has 0 amide bonds. The van der Waals surface area contributed by atoms with Crippen molar-refractivity contribution >= 4 is 5.69 Å². The van der Waals surface area contributed by atoms with Crippen molar-refractivity contribution in [3.63, 3.8) is 0 Å². The number of ether oxygens (including phenoxy) is 1. The van der Waals surface area contributed by atoms with Gasteiger partial charge in [-0.25, -0.2) is 0 Å². The van der Waals surface area contributed by atoms with Crippen LogP contribution in [0.25, 0.3) is 0 Å². The zero-order chi connectivity index (χ0) is 12.8. The highest BCUT2D eigenvalue weighted by Crippen LogP contribution is 2.30. The van der Waals surface area contributed by atoms with Crippen LogP contribution >= 0.6 is 0 Å². The van der Waals surface area contributed by atoms with Gasteiger partial charge in [-0.1, -0.05) is 25.7 Å². The fourth-order valence-corrected chi connectivity index (χ4v) is 2.77. The Kier molecular flexibility index (Phi) is 4.48. The van der Waals surface area contributed by atoms with Crippen molar-refractivity contribution < 1.29 is 4.74 Å². The van der Waals surface area contributed by atoms with E-state index in [1.807, 2.05) is 12.1 Å². The Balaban J connectivity index is 2.07. The lowest BCUT2D eigenvalue weighted by molar-refractivity contribution is 0.412. The van der Waals surface area contributed by atoms with Gasteiger partial charge in [-0.2, -0.15) is 0 Å². The highest BCUT2D eigenvalue weighted by Gasteiger charge is 2.29. The summed E-state index contributed by atoms with van der Waals surface area (Å²) in [6.07, 6.45) is 7.59. The molecule has 1 aromatic rings. The normalized spacial score (nSPS) is 19.0. The average molecular weight is 248 g/mol. The largest absolute Gasteiger partial charge is 0.497 e. The number of methoxy groups -OCH3 is 1. The summed E-state index contributed by atoms with van der Waals surface area (Å²) in [6.45, 7) is 0.707. The van der Waals surface area contributed by atoms with Crippen LogP contribution in [0.4, 0.5) is 5.69 Å². The molecule has 1 aliphatic carbocycles. The van der Waals surface area contributed by atoms with Gasteiger partial charge in [0.1, 0.15) is 5.75 Å². The van der Waals surface area contributed by atoms with Crippen LogP contribution in [0.2, 0.25) is 0 Å². The number of nitrogens with one attached hydrogen (secondary N) is 1. The van der Waals surface area contributed by atoms with Crippen LogP contribution in [0.1, 0.15) is 38.5 Å². The van der Waals surface area contributed by atoms with E-state index in [9.17, 15) is 0 Å². The van der Waals surface area contributed by atoms with Crippen LogP contribution < -0.4 is 15.8 Å². The van der Waals surface area contributed by atoms with Crippen molar-refractivity contribution in [3.8, 4) is 5.75 Å². The third kappa shape index (κ3) is 3.16. The van der Waals surface area contributed by atoms with E-state index in [0.29, 0.717) is 6.54 Å². The molecule has 0 aliphatic heterocycles. The maximum absolute atomic E-state index is 6.02. The molecule has 0 heterocycles. The van der Waals surface area contributed by atoms with Crippen LogP contribution in [0.15, 0.2) is 24.3 Å². The molecule has 0 bridgehead atoms. The highest BCUT2D eigenvalue weighted by atomic mass is 16.5. The van der Waals surface area contributed by atoms with Gasteiger partial charge in [0.2, 0.25) is 0 Å². The summed E-state index contributed by atoms with van der Waals surface area (Å²) < 4.78 is 5.18. The van der Waals surface area contributed by atoms with Crippen LogP contribution in [-0.2, 0) is 0 Å². The molecule has 18 heavy (non-hydrogen) atoms. The second kappa shape index (κ2) is 6.10. The minimum Gasteiger partial charge on any atom is -0.497 e. The van der Waals surface area contributed by atoms with E-state index in [2.05, 4.69) is 17.4 Å². The average Bonchev–Trinajstić information content (AvgIpc) is 2.66. The van der Waals surface area contributed by atoms with Gasteiger partial charge in [0.15, 0.2) is 0 Å². The van der Waals surface area contributed by atoms with E-state index >= 15 is 0 Å². The van der Waals surface area contributed by atoms with Gasteiger partial charge in [-0.05, 0) is 37.1 Å². The van der Waals surface area contributed by atoms with E-state index in [0.717, 1.165) is 11.4 Å². The Bertz CT molecular complexity index is 353. The van der Waals surface area contributed by atoms with Crippen LogP contribution in [0.5, 0.6) is 5.75 Å². The van der Waals surface area contributed by atoms with Gasteiger partial charge in [0.25, 0.3) is 0 Å². The zero-order valence-electron chi connectivity index (χ0n) is 11.2. The lowest BCUT2D eigenvalue weighted by atomic mass is 9.90. The van der Waals surface area contributed by atoms with E-state index in [-0.39, 0.29) is 5.54 Å². The van der Waals surface area contributed by atoms with Crippen molar-refractivity contribution in [2.45, 2.75) is 44.1 Å². The number of rotatable bonds is 4. The third-order valence-electron chi connectivity index (χ3n) is 3.95. The third-order valence-corrected chi connectivity index (χ3v) is 3.95. The van der Waals surface area contributed by atoms with Gasteiger partial charge in [0, 0.05) is 17.8 Å². The molecule has 3 nitrogen and oxygen atoms in total. The van der Waals surface area contributed by atoms with Crippen LogP contribution in [0.3, 0.4) is 0 Å².